The Morgan fingerprint density at radius 2 is 1.82 bits per heavy atom. The number of nitrogens with two attached hydrogens (primary N) is 1. The van der Waals surface area contributed by atoms with Crippen LogP contribution in [0.25, 0.3) is 0 Å². The molecule has 6 heteroatoms. The van der Waals surface area contributed by atoms with Crippen molar-refractivity contribution >= 4 is 18.5 Å². The van der Waals surface area contributed by atoms with Crippen LogP contribution in [-0.4, -0.2) is 29.7 Å². The number of aldehydes is 2. The summed E-state index contributed by atoms with van der Waals surface area (Å²) >= 11 is 0. The Kier molecular flexibility index (Phi) is 4.06. The summed E-state index contributed by atoms with van der Waals surface area (Å²) in [6.07, 6.45) is 0.438. The third kappa shape index (κ3) is 2.94. The number of rotatable bonds is 5. The van der Waals surface area contributed by atoms with Crippen LogP contribution in [0.1, 0.15) is 26.3 Å². The van der Waals surface area contributed by atoms with Crippen LogP contribution in [0.2, 0.25) is 0 Å². The normalized spacial score (nSPS) is 11.9. The van der Waals surface area contributed by atoms with Crippen molar-refractivity contribution in [2.24, 2.45) is 5.73 Å². The van der Waals surface area contributed by atoms with Crippen LogP contribution in [0.5, 0.6) is 0 Å². The Hall–Kier alpha value is -2.08. The molecular formula is C11H10FNO4. The summed E-state index contributed by atoms with van der Waals surface area (Å²) in [7, 11) is 0. The number of halogens is 1. The van der Waals surface area contributed by atoms with E-state index < -0.39 is 17.8 Å². The highest BCUT2D eigenvalue weighted by molar-refractivity contribution is 5.83. The monoisotopic (exact) mass is 239 g/mol. The van der Waals surface area contributed by atoms with E-state index in [4.69, 9.17) is 10.8 Å². The standard InChI is InChI=1S/C11H10FNO4/c12-10-7(4-14)1-6(2-8(10)5-15)3-9(13)11(16)17/h1-2,4-5,9H,3,13H2,(H,16,17). The first-order valence-corrected chi connectivity index (χ1v) is 4.70. The summed E-state index contributed by atoms with van der Waals surface area (Å²) in [5.74, 6) is -2.13. The van der Waals surface area contributed by atoms with Gasteiger partial charge < -0.3 is 10.8 Å². The van der Waals surface area contributed by atoms with E-state index in [-0.39, 0.29) is 30.1 Å². The topological polar surface area (TPSA) is 97.5 Å². The molecule has 3 N–H and O–H groups in total. The Bertz CT molecular complexity index is 444. The lowest BCUT2D eigenvalue weighted by molar-refractivity contribution is -0.138. The van der Waals surface area contributed by atoms with Crippen LogP contribution in [0, 0.1) is 5.82 Å². The minimum absolute atomic E-state index is 0.0860. The molecule has 1 rings (SSSR count). The maximum atomic E-state index is 13.3. The maximum absolute atomic E-state index is 13.3. The molecule has 0 aliphatic rings. The van der Waals surface area contributed by atoms with Crippen LogP contribution < -0.4 is 5.73 Å². The summed E-state index contributed by atoms with van der Waals surface area (Å²) in [4.78, 5) is 31.7. The van der Waals surface area contributed by atoms with Crippen molar-refractivity contribution < 1.29 is 23.9 Å². The number of carbonyl (C=O) groups is 3. The second kappa shape index (κ2) is 5.31. The first-order valence-electron chi connectivity index (χ1n) is 4.70. The Morgan fingerprint density at radius 1 is 1.35 bits per heavy atom. The van der Waals surface area contributed by atoms with Crippen LogP contribution in [0.3, 0.4) is 0 Å². The van der Waals surface area contributed by atoms with Gasteiger partial charge in [-0.1, -0.05) is 0 Å². The van der Waals surface area contributed by atoms with E-state index in [1.165, 1.54) is 12.1 Å². The minimum atomic E-state index is -1.21. The van der Waals surface area contributed by atoms with Gasteiger partial charge in [0.25, 0.3) is 0 Å². The van der Waals surface area contributed by atoms with Crippen molar-refractivity contribution in [1.82, 2.24) is 0 Å². The molecule has 17 heavy (non-hydrogen) atoms. The molecule has 0 heterocycles. The quantitative estimate of drug-likeness (QED) is 0.725. The van der Waals surface area contributed by atoms with Crippen LogP contribution in [0.4, 0.5) is 4.39 Å². The number of aliphatic carboxylic acids is 1. The first-order chi connectivity index (χ1) is 7.99. The highest BCUT2D eigenvalue weighted by Crippen LogP contribution is 2.15. The SMILES string of the molecule is NC(Cc1cc(C=O)c(F)c(C=O)c1)C(=O)O. The fourth-order valence-corrected chi connectivity index (χ4v) is 1.37. The third-order valence-electron chi connectivity index (χ3n) is 2.22. The van der Waals surface area contributed by atoms with E-state index in [1.54, 1.807) is 0 Å². The van der Waals surface area contributed by atoms with Gasteiger partial charge in [0.2, 0.25) is 0 Å². The van der Waals surface area contributed by atoms with Gasteiger partial charge in [0.1, 0.15) is 11.9 Å². The van der Waals surface area contributed by atoms with Gasteiger partial charge in [0.15, 0.2) is 12.6 Å². The van der Waals surface area contributed by atoms with Crippen molar-refractivity contribution in [3.63, 3.8) is 0 Å². The number of carboxylic acids is 1. The molecule has 0 aliphatic heterocycles. The lowest BCUT2D eigenvalue weighted by Gasteiger charge is -2.08. The van der Waals surface area contributed by atoms with E-state index in [9.17, 15) is 18.8 Å². The van der Waals surface area contributed by atoms with E-state index in [2.05, 4.69) is 0 Å². The lowest BCUT2D eigenvalue weighted by Crippen LogP contribution is -2.32. The van der Waals surface area contributed by atoms with E-state index in [0.29, 0.717) is 5.56 Å². The van der Waals surface area contributed by atoms with Crippen molar-refractivity contribution in [2.45, 2.75) is 12.5 Å². The summed E-state index contributed by atoms with van der Waals surface area (Å²) in [6, 6.07) is 1.19. The molecule has 90 valence electrons. The van der Waals surface area contributed by atoms with Gasteiger partial charge in [0.05, 0.1) is 11.1 Å². The predicted molar refractivity (Wildman–Crippen MR) is 56.5 cm³/mol. The third-order valence-corrected chi connectivity index (χ3v) is 2.22. The van der Waals surface area contributed by atoms with E-state index in [1.807, 2.05) is 0 Å². The molecule has 1 unspecified atom stereocenters. The molecule has 1 aromatic carbocycles. The van der Waals surface area contributed by atoms with Crippen molar-refractivity contribution in [3.05, 3.63) is 34.6 Å². The highest BCUT2D eigenvalue weighted by Gasteiger charge is 2.15. The Balaban J connectivity index is 3.13. The van der Waals surface area contributed by atoms with E-state index >= 15 is 0 Å². The fourth-order valence-electron chi connectivity index (χ4n) is 1.37. The molecule has 5 nitrogen and oxygen atoms in total. The van der Waals surface area contributed by atoms with Crippen molar-refractivity contribution in [1.29, 1.82) is 0 Å². The summed E-state index contributed by atoms with van der Waals surface area (Å²) in [5.41, 5.74) is 5.04. The molecule has 1 aromatic rings. The summed E-state index contributed by atoms with van der Waals surface area (Å²) < 4.78 is 13.3. The van der Waals surface area contributed by atoms with Gasteiger partial charge in [-0.15, -0.1) is 0 Å². The van der Waals surface area contributed by atoms with Crippen LogP contribution >= 0.6 is 0 Å². The average molecular weight is 239 g/mol. The van der Waals surface area contributed by atoms with Crippen LogP contribution in [0.15, 0.2) is 12.1 Å². The minimum Gasteiger partial charge on any atom is -0.480 e. The molecule has 0 fully saturated rings. The molecule has 0 amide bonds. The van der Waals surface area contributed by atoms with Gasteiger partial charge in [-0.3, -0.25) is 14.4 Å². The van der Waals surface area contributed by atoms with Gasteiger partial charge in [-0.05, 0) is 24.1 Å². The smallest absolute Gasteiger partial charge is 0.320 e. The zero-order chi connectivity index (χ0) is 13.0. The zero-order valence-corrected chi connectivity index (χ0v) is 8.72. The second-order valence-corrected chi connectivity index (χ2v) is 3.47. The molecule has 0 aromatic heterocycles. The number of benzene rings is 1. The van der Waals surface area contributed by atoms with Gasteiger partial charge >= 0.3 is 5.97 Å². The number of carboxylic acid groups (broad SMARTS) is 1. The molecule has 0 bridgehead atoms. The number of hydrogen-bond donors (Lipinski definition) is 2. The van der Waals surface area contributed by atoms with Crippen LogP contribution in [-0.2, 0) is 11.2 Å². The van der Waals surface area contributed by atoms with Gasteiger partial charge in [0, 0.05) is 0 Å². The van der Waals surface area contributed by atoms with E-state index in [0.717, 1.165) is 0 Å². The fraction of sp³-hybridized carbons (Fsp3) is 0.182. The predicted octanol–water partition coefficient (Wildman–Crippen LogP) is 0.405. The summed E-state index contributed by atoms with van der Waals surface area (Å²) in [6.45, 7) is 0. The summed E-state index contributed by atoms with van der Waals surface area (Å²) in [5, 5.41) is 8.61. The lowest BCUT2D eigenvalue weighted by atomic mass is 10.0. The number of hydrogen-bond acceptors (Lipinski definition) is 4. The maximum Gasteiger partial charge on any atom is 0.320 e. The second-order valence-electron chi connectivity index (χ2n) is 3.47. The van der Waals surface area contributed by atoms with Gasteiger partial charge in [-0.2, -0.15) is 0 Å². The number of carbonyl (C=O) groups excluding carboxylic acids is 2. The average Bonchev–Trinajstić information content (AvgIpc) is 2.30. The molecular weight excluding hydrogens is 229 g/mol. The van der Waals surface area contributed by atoms with Gasteiger partial charge in [-0.25, -0.2) is 4.39 Å². The zero-order valence-electron chi connectivity index (χ0n) is 8.72. The largest absolute Gasteiger partial charge is 0.480 e. The van der Waals surface area contributed by atoms with Crippen molar-refractivity contribution in [3.8, 4) is 0 Å². The molecule has 0 spiro atoms. The van der Waals surface area contributed by atoms with Crippen molar-refractivity contribution in [2.75, 3.05) is 0 Å². The Morgan fingerprint density at radius 3 is 2.18 bits per heavy atom. The molecule has 1 atom stereocenters. The Labute approximate surface area is 96.0 Å². The first kappa shape index (κ1) is 13.0. The molecule has 0 saturated heterocycles. The molecule has 0 aliphatic carbocycles. The highest BCUT2D eigenvalue weighted by atomic mass is 19.1. The molecule has 0 saturated carbocycles. The molecule has 0 radical (unpaired) electrons.